The van der Waals surface area contributed by atoms with Gasteiger partial charge in [0.25, 0.3) is 0 Å². The predicted molar refractivity (Wildman–Crippen MR) is 102 cm³/mol. The molecule has 0 N–H and O–H groups in total. The van der Waals surface area contributed by atoms with Gasteiger partial charge in [-0.2, -0.15) is 0 Å². The van der Waals surface area contributed by atoms with E-state index >= 15 is 0 Å². The van der Waals surface area contributed by atoms with E-state index in [1.807, 2.05) is 18.3 Å². The number of fused-ring (bicyclic) bond motifs is 1. The Morgan fingerprint density at radius 1 is 1.23 bits per heavy atom. The summed E-state index contributed by atoms with van der Waals surface area (Å²) in [7, 11) is 0. The monoisotopic (exact) mass is 369 g/mol. The Bertz CT molecular complexity index is 884. The highest BCUT2D eigenvalue weighted by atomic mass is 35.5. The minimum atomic E-state index is 0.0239. The summed E-state index contributed by atoms with van der Waals surface area (Å²) >= 11 is 5.94. The van der Waals surface area contributed by atoms with Gasteiger partial charge in [0, 0.05) is 43.5 Å². The summed E-state index contributed by atoms with van der Waals surface area (Å²) in [6.07, 6.45) is 5.16. The number of hydrogen-bond donors (Lipinski definition) is 0. The third-order valence-corrected chi connectivity index (χ3v) is 4.68. The summed E-state index contributed by atoms with van der Waals surface area (Å²) < 4.78 is 11.6. The second-order valence-corrected chi connectivity index (χ2v) is 6.80. The zero-order valence-electron chi connectivity index (χ0n) is 14.3. The fraction of sp³-hybridized carbons (Fsp3) is 0.300. The minimum absolute atomic E-state index is 0.0239. The van der Waals surface area contributed by atoms with Gasteiger partial charge in [-0.1, -0.05) is 29.8 Å². The molecule has 3 aromatic rings. The zero-order valence-corrected chi connectivity index (χ0v) is 15.1. The summed E-state index contributed by atoms with van der Waals surface area (Å²) in [4.78, 5) is 10.9. The van der Waals surface area contributed by atoms with Gasteiger partial charge in [0.05, 0.1) is 23.3 Å². The van der Waals surface area contributed by atoms with E-state index in [9.17, 15) is 0 Å². The van der Waals surface area contributed by atoms with Gasteiger partial charge in [-0.3, -0.25) is 14.9 Å². The molecule has 1 aliphatic heterocycles. The van der Waals surface area contributed by atoms with Crippen molar-refractivity contribution in [3.63, 3.8) is 0 Å². The van der Waals surface area contributed by atoms with Crippen LogP contribution in [0.15, 0.2) is 55.0 Å². The van der Waals surface area contributed by atoms with Crippen molar-refractivity contribution < 1.29 is 9.47 Å². The Kier molecular flexibility index (Phi) is 5.29. The molecule has 3 heterocycles. The third-order valence-electron chi connectivity index (χ3n) is 4.47. The molecule has 26 heavy (non-hydrogen) atoms. The van der Waals surface area contributed by atoms with Gasteiger partial charge in [0.2, 0.25) is 0 Å². The number of benzene rings is 1. The van der Waals surface area contributed by atoms with Gasteiger partial charge >= 0.3 is 0 Å². The highest BCUT2D eigenvalue weighted by Gasteiger charge is 2.21. The first-order chi connectivity index (χ1) is 12.8. The average molecular weight is 370 g/mol. The first kappa shape index (κ1) is 17.2. The van der Waals surface area contributed by atoms with Crippen LogP contribution in [0.1, 0.15) is 5.56 Å². The van der Waals surface area contributed by atoms with E-state index in [4.69, 9.17) is 21.1 Å². The molecule has 0 aliphatic carbocycles. The molecular weight excluding hydrogens is 350 g/mol. The topological polar surface area (TPSA) is 47.5 Å². The molecule has 0 radical (unpaired) electrons. The van der Waals surface area contributed by atoms with Gasteiger partial charge in [-0.05, 0) is 17.7 Å². The van der Waals surface area contributed by atoms with Crippen molar-refractivity contribution in [2.75, 3.05) is 26.3 Å². The van der Waals surface area contributed by atoms with E-state index in [0.717, 1.165) is 25.2 Å². The predicted octanol–water partition coefficient (Wildman–Crippen LogP) is 3.56. The van der Waals surface area contributed by atoms with Crippen molar-refractivity contribution >= 4 is 22.5 Å². The van der Waals surface area contributed by atoms with E-state index in [2.05, 4.69) is 33.1 Å². The van der Waals surface area contributed by atoms with Gasteiger partial charge in [-0.25, -0.2) is 0 Å². The molecule has 1 saturated heterocycles. The number of aromatic nitrogens is 2. The lowest BCUT2D eigenvalue weighted by molar-refractivity contribution is -0.0503. The van der Waals surface area contributed by atoms with Crippen LogP contribution in [0, 0.1) is 0 Å². The van der Waals surface area contributed by atoms with Crippen LogP contribution in [0.25, 0.3) is 10.9 Å². The number of ether oxygens (including phenoxy) is 2. The molecule has 0 saturated carbocycles. The van der Waals surface area contributed by atoms with E-state index in [1.165, 1.54) is 10.9 Å². The number of para-hydroxylation sites is 1. The molecule has 0 spiro atoms. The third kappa shape index (κ3) is 4.12. The second kappa shape index (κ2) is 7.99. The van der Waals surface area contributed by atoms with Gasteiger partial charge in [0.15, 0.2) is 0 Å². The molecule has 1 aliphatic rings. The van der Waals surface area contributed by atoms with Gasteiger partial charge < -0.3 is 9.47 Å². The van der Waals surface area contributed by atoms with E-state index in [0.29, 0.717) is 24.0 Å². The van der Waals surface area contributed by atoms with Crippen LogP contribution in [-0.4, -0.2) is 47.3 Å². The Hall–Kier alpha value is -2.21. The maximum atomic E-state index is 5.94. The molecule has 4 rings (SSSR count). The van der Waals surface area contributed by atoms with E-state index in [-0.39, 0.29) is 6.10 Å². The Labute approximate surface area is 157 Å². The lowest BCUT2D eigenvalue weighted by Gasteiger charge is -2.33. The Morgan fingerprint density at radius 3 is 3.08 bits per heavy atom. The van der Waals surface area contributed by atoms with Crippen LogP contribution in [0.5, 0.6) is 5.75 Å². The molecule has 6 heteroatoms. The molecule has 2 aromatic heterocycles. The molecule has 0 amide bonds. The Balaban J connectivity index is 1.39. The highest BCUT2D eigenvalue weighted by Crippen LogP contribution is 2.20. The fourth-order valence-corrected chi connectivity index (χ4v) is 3.38. The maximum absolute atomic E-state index is 5.94. The van der Waals surface area contributed by atoms with Crippen LogP contribution in [0.4, 0.5) is 0 Å². The summed E-state index contributed by atoms with van der Waals surface area (Å²) in [6, 6.07) is 12.1. The molecule has 5 nitrogen and oxygen atoms in total. The number of pyridine rings is 2. The SMILES string of the molecule is Clc1cncc(OCC2CN(Cc3ccnc4ccccc34)CCO2)c1. The molecule has 0 bridgehead atoms. The molecule has 134 valence electrons. The van der Waals surface area contributed by atoms with Crippen molar-refractivity contribution in [3.8, 4) is 5.75 Å². The van der Waals surface area contributed by atoms with Gasteiger partial charge in [-0.15, -0.1) is 0 Å². The lowest BCUT2D eigenvalue weighted by Crippen LogP contribution is -2.44. The summed E-state index contributed by atoms with van der Waals surface area (Å²) in [5.41, 5.74) is 2.32. The molecule has 1 unspecified atom stereocenters. The fourth-order valence-electron chi connectivity index (χ4n) is 3.22. The average Bonchev–Trinajstić information content (AvgIpc) is 2.67. The number of hydrogen-bond acceptors (Lipinski definition) is 5. The summed E-state index contributed by atoms with van der Waals surface area (Å²) in [6.45, 7) is 3.79. The number of halogens is 1. The minimum Gasteiger partial charge on any atom is -0.489 e. The summed E-state index contributed by atoms with van der Waals surface area (Å²) in [5, 5.41) is 1.78. The number of nitrogens with zero attached hydrogens (tertiary/aromatic N) is 3. The normalized spacial score (nSPS) is 18.1. The molecule has 1 aromatic carbocycles. The van der Waals surface area contributed by atoms with Crippen LogP contribution in [0.2, 0.25) is 5.02 Å². The van der Waals surface area contributed by atoms with Gasteiger partial charge in [0.1, 0.15) is 18.5 Å². The van der Waals surface area contributed by atoms with Crippen molar-refractivity contribution in [2.45, 2.75) is 12.6 Å². The summed E-state index contributed by atoms with van der Waals surface area (Å²) in [5.74, 6) is 0.665. The van der Waals surface area contributed by atoms with Crippen molar-refractivity contribution in [3.05, 3.63) is 65.6 Å². The molecule has 1 atom stereocenters. The quantitative estimate of drug-likeness (QED) is 0.688. The first-order valence-corrected chi connectivity index (χ1v) is 9.06. The Morgan fingerprint density at radius 2 is 2.15 bits per heavy atom. The first-order valence-electron chi connectivity index (χ1n) is 8.68. The van der Waals surface area contributed by atoms with Crippen molar-refractivity contribution in [1.29, 1.82) is 0 Å². The van der Waals surface area contributed by atoms with Crippen LogP contribution < -0.4 is 4.74 Å². The van der Waals surface area contributed by atoms with Crippen LogP contribution in [-0.2, 0) is 11.3 Å². The molecule has 1 fully saturated rings. The van der Waals surface area contributed by atoms with E-state index in [1.54, 1.807) is 18.5 Å². The number of rotatable bonds is 5. The van der Waals surface area contributed by atoms with Crippen molar-refractivity contribution in [2.24, 2.45) is 0 Å². The number of morpholine rings is 1. The molecular formula is C20H20ClN3O2. The maximum Gasteiger partial charge on any atom is 0.139 e. The van der Waals surface area contributed by atoms with Crippen LogP contribution in [0.3, 0.4) is 0 Å². The smallest absolute Gasteiger partial charge is 0.139 e. The standard InChI is InChI=1S/C20H20ClN3O2/c21-16-9-17(11-22-10-16)26-14-18-13-24(7-8-25-18)12-15-5-6-23-20-4-2-1-3-19(15)20/h1-6,9-11,18H,7-8,12-14H2. The highest BCUT2D eigenvalue weighted by molar-refractivity contribution is 6.30. The zero-order chi connectivity index (χ0) is 17.8. The second-order valence-electron chi connectivity index (χ2n) is 6.37. The van der Waals surface area contributed by atoms with Crippen molar-refractivity contribution in [1.82, 2.24) is 14.9 Å². The lowest BCUT2D eigenvalue weighted by atomic mass is 10.1. The van der Waals surface area contributed by atoms with E-state index < -0.39 is 0 Å². The largest absolute Gasteiger partial charge is 0.489 e. The van der Waals surface area contributed by atoms with Crippen LogP contribution >= 0.6 is 11.6 Å².